The van der Waals surface area contributed by atoms with Crippen LogP contribution in [-0.2, 0) is 6.18 Å². The summed E-state index contributed by atoms with van der Waals surface area (Å²) in [5.41, 5.74) is -1.12. The highest BCUT2D eigenvalue weighted by atomic mass is 19.4. The van der Waals surface area contributed by atoms with Gasteiger partial charge >= 0.3 is 12.3 Å². The number of halogens is 3. The van der Waals surface area contributed by atoms with Crippen molar-refractivity contribution in [1.82, 2.24) is 4.90 Å². The minimum absolute atomic E-state index is 0.0619. The second-order valence-corrected chi connectivity index (χ2v) is 7.05. The summed E-state index contributed by atoms with van der Waals surface area (Å²) in [5.74, 6) is 0. The maximum Gasteiger partial charge on any atom is 0.416 e. The van der Waals surface area contributed by atoms with Crippen LogP contribution in [0.4, 0.5) is 23.7 Å². The number of hydrogen-bond donors (Lipinski definition) is 1. The standard InChI is InChI=1S/C17H20F3N3O2/c1-16(2,3)23(15(24)25)13-6-7-22(10-13)14-5-4-12(17(18,19)20)8-11(14)9-21/h4-5,8,13H,6-7,10H2,1-3H3,(H,24,25)/t13-/m0/s1. The Bertz CT molecular complexity index is 705. The lowest BCUT2D eigenvalue weighted by atomic mass is 10.0. The Hall–Kier alpha value is -2.43. The summed E-state index contributed by atoms with van der Waals surface area (Å²) in [7, 11) is 0. The quantitative estimate of drug-likeness (QED) is 0.873. The molecular formula is C17H20F3N3O2. The highest BCUT2D eigenvalue weighted by Crippen LogP contribution is 2.34. The topological polar surface area (TPSA) is 67.6 Å². The molecule has 1 aliphatic rings. The number of anilines is 1. The van der Waals surface area contributed by atoms with E-state index in [2.05, 4.69) is 0 Å². The van der Waals surface area contributed by atoms with Crippen LogP contribution in [0.25, 0.3) is 0 Å². The Balaban J connectivity index is 2.28. The molecule has 1 N–H and O–H groups in total. The van der Waals surface area contributed by atoms with Crippen LogP contribution in [-0.4, -0.2) is 40.8 Å². The van der Waals surface area contributed by atoms with Crippen LogP contribution in [0.15, 0.2) is 18.2 Å². The Morgan fingerprint density at radius 1 is 1.36 bits per heavy atom. The van der Waals surface area contributed by atoms with Crippen LogP contribution in [0, 0.1) is 11.3 Å². The molecule has 25 heavy (non-hydrogen) atoms. The average Bonchev–Trinajstić information content (AvgIpc) is 2.92. The summed E-state index contributed by atoms with van der Waals surface area (Å²) < 4.78 is 38.4. The van der Waals surface area contributed by atoms with Crippen molar-refractivity contribution in [2.24, 2.45) is 0 Å². The van der Waals surface area contributed by atoms with Crippen molar-refractivity contribution in [1.29, 1.82) is 5.26 Å². The number of hydrogen-bond acceptors (Lipinski definition) is 3. The predicted octanol–water partition coefficient (Wildman–Crippen LogP) is 3.93. The lowest BCUT2D eigenvalue weighted by Gasteiger charge is -2.38. The van der Waals surface area contributed by atoms with E-state index in [0.717, 1.165) is 12.1 Å². The van der Waals surface area contributed by atoms with E-state index in [9.17, 15) is 28.3 Å². The second kappa shape index (κ2) is 6.47. The fourth-order valence-electron chi connectivity index (χ4n) is 3.24. The lowest BCUT2D eigenvalue weighted by molar-refractivity contribution is -0.137. The number of amides is 1. The van der Waals surface area contributed by atoms with Crippen LogP contribution < -0.4 is 4.90 Å². The Kier molecular flexibility index (Phi) is 4.89. The third-order valence-electron chi connectivity index (χ3n) is 4.24. The third-order valence-corrected chi connectivity index (χ3v) is 4.24. The molecule has 1 amide bonds. The number of carboxylic acid groups (broad SMARTS) is 1. The number of benzene rings is 1. The zero-order valence-electron chi connectivity index (χ0n) is 14.3. The zero-order valence-corrected chi connectivity index (χ0v) is 14.3. The summed E-state index contributed by atoms with van der Waals surface area (Å²) in [6.45, 7) is 6.20. The van der Waals surface area contributed by atoms with E-state index in [1.807, 2.05) is 6.07 Å². The van der Waals surface area contributed by atoms with Crippen molar-refractivity contribution in [3.8, 4) is 6.07 Å². The fraction of sp³-hybridized carbons (Fsp3) is 0.529. The maximum atomic E-state index is 12.8. The first kappa shape index (κ1) is 18.9. The molecule has 0 spiro atoms. The highest BCUT2D eigenvalue weighted by molar-refractivity contribution is 5.67. The molecule has 0 unspecified atom stereocenters. The molecule has 1 atom stereocenters. The molecule has 136 valence electrons. The number of alkyl halides is 3. The molecular weight excluding hydrogens is 335 g/mol. The largest absolute Gasteiger partial charge is 0.465 e. The molecule has 1 aromatic carbocycles. The highest BCUT2D eigenvalue weighted by Gasteiger charge is 2.38. The molecule has 1 saturated heterocycles. The maximum absolute atomic E-state index is 12.8. The van der Waals surface area contributed by atoms with Crippen LogP contribution >= 0.6 is 0 Å². The monoisotopic (exact) mass is 355 g/mol. The number of nitriles is 1. The van der Waals surface area contributed by atoms with Crippen LogP contribution in [0.5, 0.6) is 0 Å². The van der Waals surface area contributed by atoms with Gasteiger partial charge in [0.15, 0.2) is 0 Å². The molecule has 0 bridgehead atoms. The van der Waals surface area contributed by atoms with Gasteiger partial charge in [-0.2, -0.15) is 18.4 Å². The summed E-state index contributed by atoms with van der Waals surface area (Å²) in [5, 5.41) is 18.7. The van der Waals surface area contributed by atoms with Crippen molar-refractivity contribution < 1.29 is 23.1 Å². The summed E-state index contributed by atoms with van der Waals surface area (Å²) in [6, 6.07) is 4.59. The van der Waals surface area contributed by atoms with Crippen molar-refractivity contribution in [2.75, 3.05) is 18.0 Å². The van der Waals surface area contributed by atoms with Crippen LogP contribution in [0.2, 0.25) is 0 Å². The van der Waals surface area contributed by atoms with Gasteiger partial charge in [-0.15, -0.1) is 0 Å². The van der Waals surface area contributed by atoms with Gasteiger partial charge < -0.3 is 10.0 Å². The zero-order chi connectivity index (χ0) is 19.0. The normalized spacial score (nSPS) is 18.1. The van der Waals surface area contributed by atoms with Gasteiger partial charge in [0.25, 0.3) is 0 Å². The van der Waals surface area contributed by atoms with Gasteiger partial charge in [-0.25, -0.2) is 4.79 Å². The van der Waals surface area contributed by atoms with Crippen molar-refractivity contribution in [3.05, 3.63) is 29.3 Å². The number of carbonyl (C=O) groups is 1. The van der Waals surface area contributed by atoms with E-state index in [1.54, 1.807) is 25.7 Å². The van der Waals surface area contributed by atoms with Gasteiger partial charge in [0.05, 0.1) is 22.9 Å². The van der Waals surface area contributed by atoms with Gasteiger partial charge in [0.2, 0.25) is 0 Å². The molecule has 1 heterocycles. The van der Waals surface area contributed by atoms with Gasteiger partial charge in [-0.3, -0.25) is 4.90 Å². The Morgan fingerprint density at radius 3 is 2.48 bits per heavy atom. The molecule has 8 heteroatoms. The average molecular weight is 355 g/mol. The summed E-state index contributed by atoms with van der Waals surface area (Å²) in [4.78, 5) is 14.7. The first-order valence-corrected chi connectivity index (χ1v) is 7.83. The SMILES string of the molecule is CC(C)(C)N(C(=O)O)[C@H]1CCN(c2ccc(C(F)(F)F)cc2C#N)C1. The molecule has 1 aliphatic heterocycles. The van der Waals surface area contributed by atoms with Crippen molar-refractivity contribution in [2.45, 2.75) is 44.9 Å². The van der Waals surface area contributed by atoms with Crippen molar-refractivity contribution >= 4 is 11.8 Å². The van der Waals surface area contributed by atoms with E-state index >= 15 is 0 Å². The third kappa shape index (κ3) is 3.98. The van der Waals surface area contributed by atoms with Crippen LogP contribution in [0.3, 0.4) is 0 Å². The lowest BCUT2D eigenvalue weighted by Crippen LogP contribution is -2.52. The minimum atomic E-state index is -4.51. The van der Waals surface area contributed by atoms with Gasteiger partial charge in [0, 0.05) is 18.6 Å². The van der Waals surface area contributed by atoms with Gasteiger partial charge in [-0.05, 0) is 45.4 Å². The molecule has 0 saturated carbocycles. The van der Waals surface area contributed by atoms with E-state index < -0.39 is 23.4 Å². The van der Waals surface area contributed by atoms with Gasteiger partial charge in [-0.1, -0.05) is 0 Å². The van der Waals surface area contributed by atoms with E-state index in [4.69, 9.17) is 0 Å². The smallest absolute Gasteiger partial charge is 0.416 e. The molecule has 0 aromatic heterocycles. The van der Waals surface area contributed by atoms with Gasteiger partial charge in [0.1, 0.15) is 6.07 Å². The van der Waals surface area contributed by atoms with Crippen molar-refractivity contribution in [3.63, 3.8) is 0 Å². The Labute approximate surface area is 144 Å². The first-order chi connectivity index (χ1) is 11.4. The summed E-state index contributed by atoms with van der Waals surface area (Å²) in [6.07, 6.45) is -4.99. The fourth-order valence-corrected chi connectivity index (χ4v) is 3.24. The summed E-state index contributed by atoms with van der Waals surface area (Å²) >= 11 is 0. The molecule has 0 aliphatic carbocycles. The van der Waals surface area contributed by atoms with E-state index in [1.165, 1.54) is 11.0 Å². The van der Waals surface area contributed by atoms with E-state index in [0.29, 0.717) is 25.2 Å². The van der Waals surface area contributed by atoms with Crippen LogP contribution in [0.1, 0.15) is 38.3 Å². The molecule has 5 nitrogen and oxygen atoms in total. The molecule has 0 radical (unpaired) electrons. The minimum Gasteiger partial charge on any atom is -0.465 e. The second-order valence-electron chi connectivity index (χ2n) is 7.05. The first-order valence-electron chi connectivity index (χ1n) is 7.83. The molecule has 1 aromatic rings. The number of rotatable bonds is 2. The predicted molar refractivity (Wildman–Crippen MR) is 86.4 cm³/mol. The molecule has 1 fully saturated rings. The van der Waals surface area contributed by atoms with E-state index in [-0.39, 0.29) is 11.6 Å². The Morgan fingerprint density at radius 2 is 2.00 bits per heavy atom. The number of nitrogens with zero attached hydrogens (tertiary/aromatic N) is 3. The molecule has 2 rings (SSSR count).